The molecule has 3 aromatic rings. The van der Waals surface area contributed by atoms with Gasteiger partial charge in [0.25, 0.3) is 5.91 Å². The molecule has 0 saturated carbocycles. The summed E-state index contributed by atoms with van der Waals surface area (Å²) < 4.78 is 0. The number of para-hydroxylation sites is 1. The molecule has 1 aliphatic heterocycles. The molecule has 144 valence electrons. The first-order valence-corrected chi connectivity index (χ1v) is 9.60. The predicted molar refractivity (Wildman–Crippen MR) is 108 cm³/mol. The van der Waals surface area contributed by atoms with E-state index in [1.54, 1.807) is 24.2 Å². The molecule has 28 heavy (non-hydrogen) atoms. The molecular weight excluding hydrogens is 352 g/mol. The van der Waals surface area contributed by atoms with Crippen LogP contribution in [0, 0.1) is 6.92 Å². The van der Waals surface area contributed by atoms with E-state index in [2.05, 4.69) is 34.3 Å². The van der Waals surface area contributed by atoms with E-state index in [1.807, 2.05) is 12.1 Å². The van der Waals surface area contributed by atoms with Gasteiger partial charge in [0.1, 0.15) is 0 Å². The average Bonchev–Trinajstić information content (AvgIpc) is 3.02. The molecule has 0 aliphatic carbocycles. The average molecular weight is 376 g/mol. The smallest absolute Gasteiger partial charge is 0.253 e. The van der Waals surface area contributed by atoms with Crippen molar-refractivity contribution >= 4 is 22.7 Å². The summed E-state index contributed by atoms with van der Waals surface area (Å²) in [5, 5.41) is 4.25. The molecule has 6 heteroatoms. The molecule has 0 bridgehead atoms. The third-order valence-electron chi connectivity index (χ3n) is 5.52. The van der Waals surface area contributed by atoms with Crippen LogP contribution in [-0.4, -0.2) is 39.8 Å². The molecule has 0 saturated heterocycles. The van der Waals surface area contributed by atoms with Gasteiger partial charge >= 0.3 is 0 Å². The first-order chi connectivity index (χ1) is 13.5. The normalized spacial score (nSPS) is 13.4. The summed E-state index contributed by atoms with van der Waals surface area (Å²) in [6.45, 7) is 5.36. The molecule has 0 atom stereocenters. The van der Waals surface area contributed by atoms with Crippen LogP contribution < -0.4 is 5.32 Å². The lowest BCUT2D eigenvalue weighted by Crippen LogP contribution is -2.36. The van der Waals surface area contributed by atoms with Gasteiger partial charge in [-0.25, -0.2) is 0 Å². The van der Waals surface area contributed by atoms with Gasteiger partial charge in [-0.2, -0.15) is 0 Å². The van der Waals surface area contributed by atoms with E-state index >= 15 is 0 Å². The highest BCUT2D eigenvalue weighted by molar-refractivity contribution is 5.96. The molecule has 6 nitrogen and oxygen atoms in total. The number of aromatic nitrogens is 2. The fourth-order valence-corrected chi connectivity index (χ4v) is 4.01. The van der Waals surface area contributed by atoms with Gasteiger partial charge in [-0.15, -0.1) is 0 Å². The van der Waals surface area contributed by atoms with Gasteiger partial charge in [-0.05, 0) is 42.5 Å². The highest BCUT2D eigenvalue weighted by Gasteiger charge is 2.23. The van der Waals surface area contributed by atoms with E-state index in [4.69, 9.17) is 0 Å². The number of hydrogen-bond donors (Lipinski definition) is 2. The summed E-state index contributed by atoms with van der Waals surface area (Å²) in [7, 11) is 0. The van der Waals surface area contributed by atoms with Crippen LogP contribution in [0.5, 0.6) is 0 Å². The van der Waals surface area contributed by atoms with Gasteiger partial charge in [0, 0.05) is 55.5 Å². The molecule has 0 fully saturated rings. The number of nitrogens with zero attached hydrogens (tertiary/aromatic N) is 2. The Labute approximate surface area is 164 Å². The molecule has 4 rings (SSSR count). The Bertz CT molecular complexity index is 1050. The zero-order valence-corrected chi connectivity index (χ0v) is 16.2. The van der Waals surface area contributed by atoms with Crippen molar-refractivity contribution in [3.63, 3.8) is 0 Å². The Hall–Kier alpha value is -3.15. The number of H-pyrrole nitrogens is 1. The predicted octanol–water partition coefficient (Wildman–Crippen LogP) is 2.75. The van der Waals surface area contributed by atoms with Gasteiger partial charge in [0.05, 0.1) is 5.56 Å². The molecule has 1 aliphatic rings. The van der Waals surface area contributed by atoms with Crippen LogP contribution in [0.1, 0.15) is 39.7 Å². The summed E-state index contributed by atoms with van der Waals surface area (Å²) in [6.07, 6.45) is 4.84. The Balaban J connectivity index is 1.46. The lowest BCUT2D eigenvalue weighted by atomic mass is 9.96. The number of benzene rings is 1. The fourth-order valence-electron chi connectivity index (χ4n) is 4.01. The van der Waals surface area contributed by atoms with Crippen LogP contribution >= 0.6 is 0 Å². The minimum atomic E-state index is -0.0990. The maximum absolute atomic E-state index is 12.8. The van der Waals surface area contributed by atoms with E-state index in [-0.39, 0.29) is 11.8 Å². The molecular formula is C22H24N4O2. The van der Waals surface area contributed by atoms with Crippen LogP contribution in [0.2, 0.25) is 0 Å². The van der Waals surface area contributed by atoms with Crippen LogP contribution in [0.4, 0.5) is 0 Å². The second kappa shape index (κ2) is 7.46. The van der Waals surface area contributed by atoms with Gasteiger partial charge in [-0.3, -0.25) is 14.6 Å². The molecule has 0 spiro atoms. The maximum Gasteiger partial charge on any atom is 0.253 e. The zero-order chi connectivity index (χ0) is 19.7. The van der Waals surface area contributed by atoms with Crippen molar-refractivity contribution in [1.82, 2.24) is 20.2 Å². The lowest BCUT2D eigenvalue weighted by molar-refractivity contribution is -0.129. The van der Waals surface area contributed by atoms with Crippen molar-refractivity contribution in [2.45, 2.75) is 33.2 Å². The van der Waals surface area contributed by atoms with Gasteiger partial charge in [0.2, 0.25) is 5.91 Å². The summed E-state index contributed by atoms with van der Waals surface area (Å²) in [4.78, 5) is 33.8. The molecule has 2 aromatic heterocycles. The topological polar surface area (TPSA) is 78.1 Å². The van der Waals surface area contributed by atoms with Crippen molar-refractivity contribution in [3.05, 3.63) is 64.6 Å². The zero-order valence-electron chi connectivity index (χ0n) is 16.2. The van der Waals surface area contributed by atoms with E-state index in [0.29, 0.717) is 31.6 Å². The summed E-state index contributed by atoms with van der Waals surface area (Å²) in [6, 6.07) is 8.22. The van der Waals surface area contributed by atoms with Crippen LogP contribution in [0.3, 0.4) is 0 Å². The van der Waals surface area contributed by atoms with Crippen molar-refractivity contribution in [3.8, 4) is 0 Å². The Morgan fingerprint density at radius 1 is 1.25 bits per heavy atom. The van der Waals surface area contributed by atoms with Crippen LogP contribution in [0.25, 0.3) is 10.9 Å². The number of rotatable bonds is 4. The standard InChI is InChI=1S/C22H24N4O2/c1-14-17(19-5-3-4-6-21(19)25-14)7-9-24-22(28)20-12-23-11-16-13-26(15(2)27)10-8-18(16)20/h3-6,11-12,25H,7-10,13H2,1-2H3,(H,24,28). The second-order valence-electron chi connectivity index (χ2n) is 7.30. The fraction of sp³-hybridized carbons (Fsp3) is 0.318. The van der Waals surface area contributed by atoms with Crippen molar-refractivity contribution < 1.29 is 9.59 Å². The monoisotopic (exact) mass is 376 g/mol. The van der Waals surface area contributed by atoms with Crippen molar-refractivity contribution in [2.24, 2.45) is 0 Å². The number of nitrogens with one attached hydrogen (secondary N) is 2. The molecule has 1 aromatic carbocycles. The molecule has 2 amide bonds. The third kappa shape index (κ3) is 3.38. The molecule has 3 heterocycles. The Kier molecular flexibility index (Phi) is 4.86. The van der Waals surface area contributed by atoms with Crippen LogP contribution in [-0.2, 0) is 24.2 Å². The number of hydrogen-bond acceptors (Lipinski definition) is 3. The van der Waals surface area contributed by atoms with Gasteiger partial charge in [0.15, 0.2) is 0 Å². The van der Waals surface area contributed by atoms with E-state index in [0.717, 1.165) is 28.8 Å². The third-order valence-corrected chi connectivity index (χ3v) is 5.52. The minimum absolute atomic E-state index is 0.0506. The number of carbonyl (C=O) groups excluding carboxylic acids is 2. The van der Waals surface area contributed by atoms with E-state index in [1.165, 1.54) is 10.9 Å². The highest BCUT2D eigenvalue weighted by atomic mass is 16.2. The SMILES string of the molecule is CC(=O)N1CCc2c(cncc2C(=O)NCCc2c(C)[nH]c3ccccc23)C1. The summed E-state index contributed by atoms with van der Waals surface area (Å²) >= 11 is 0. The number of pyridine rings is 1. The Morgan fingerprint density at radius 3 is 2.89 bits per heavy atom. The van der Waals surface area contributed by atoms with E-state index in [9.17, 15) is 9.59 Å². The first kappa shape index (κ1) is 18.2. The maximum atomic E-state index is 12.8. The number of aromatic amines is 1. The molecule has 2 N–H and O–H groups in total. The summed E-state index contributed by atoms with van der Waals surface area (Å²) in [5.74, 6) is -0.0484. The van der Waals surface area contributed by atoms with Gasteiger partial charge < -0.3 is 15.2 Å². The molecule has 0 unspecified atom stereocenters. The van der Waals surface area contributed by atoms with Crippen molar-refractivity contribution in [2.75, 3.05) is 13.1 Å². The number of carbonyl (C=O) groups is 2. The summed E-state index contributed by atoms with van der Waals surface area (Å²) in [5.41, 5.74) is 6.09. The molecule has 0 radical (unpaired) electrons. The van der Waals surface area contributed by atoms with Crippen molar-refractivity contribution in [1.29, 1.82) is 0 Å². The Morgan fingerprint density at radius 2 is 2.07 bits per heavy atom. The highest BCUT2D eigenvalue weighted by Crippen LogP contribution is 2.23. The van der Waals surface area contributed by atoms with E-state index < -0.39 is 0 Å². The minimum Gasteiger partial charge on any atom is -0.358 e. The quantitative estimate of drug-likeness (QED) is 0.735. The largest absolute Gasteiger partial charge is 0.358 e. The lowest BCUT2D eigenvalue weighted by Gasteiger charge is -2.28. The number of aryl methyl sites for hydroxylation is 1. The van der Waals surface area contributed by atoms with Crippen LogP contribution in [0.15, 0.2) is 36.7 Å². The van der Waals surface area contributed by atoms with Gasteiger partial charge in [-0.1, -0.05) is 18.2 Å². The number of fused-ring (bicyclic) bond motifs is 2. The number of amides is 2. The second-order valence-corrected chi connectivity index (χ2v) is 7.30. The first-order valence-electron chi connectivity index (χ1n) is 9.60.